The van der Waals surface area contributed by atoms with Gasteiger partial charge < -0.3 is 14.4 Å². The molecule has 10 heteroatoms. The topological polar surface area (TPSA) is 125 Å². The number of esters is 2. The number of allylic oxidation sites excluding steroid dienone is 1. The molecule has 0 saturated heterocycles. The van der Waals surface area contributed by atoms with Crippen molar-refractivity contribution in [2.24, 2.45) is 28.6 Å². The third kappa shape index (κ3) is 18.9. The van der Waals surface area contributed by atoms with Gasteiger partial charge in [-0.1, -0.05) is 193 Å². The molecule has 9 nitrogen and oxygen atoms in total. The Morgan fingerprint density at radius 3 is 1.66 bits per heavy atom. The van der Waals surface area contributed by atoms with Gasteiger partial charge in [0.25, 0.3) is 0 Å². The van der Waals surface area contributed by atoms with E-state index >= 15 is 0 Å². The highest BCUT2D eigenvalue weighted by Crippen LogP contribution is 2.64. The van der Waals surface area contributed by atoms with Crippen molar-refractivity contribution in [3.8, 4) is 0 Å². The molecule has 4 aliphatic carbocycles. The summed E-state index contributed by atoms with van der Waals surface area (Å²) >= 11 is 0. The molecule has 0 aromatic rings. The lowest BCUT2D eigenvalue weighted by Crippen LogP contribution is -2.50. The van der Waals surface area contributed by atoms with Crippen molar-refractivity contribution in [1.82, 2.24) is 0 Å². The van der Waals surface area contributed by atoms with E-state index < -0.39 is 32.6 Å². The van der Waals surface area contributed by atoms with Crippen LogP contribution in [-0.2, 0) is 37.5 Å². The van der Waals surface area contributed by atoms with Crippen LogP contribution in [0.25, 0.3) is 0 Å². The molecule has 4 aliphatic rings. The van der Waals surface area contributed by atoms with Crippen LogP contribution in [0.3, 0.4) is 0 Å². The van der Waals surface area contributed by atoms with Gasteiger partial charge in [-0.2, -0.15) is 0 Å². The molecule has 3 fully saturated rings. The first-order valence-corrected chi connectivity index (χ1v) is 28.6. The molecule has 0 heterocycles. The minimum absolute atomic E-state index is 0.000589. The average Bonchev–Trinajstić information content (AvgIpc) is 3.58. The highest BCUT2D eigenvalue weighted by atomic mass is 31.2. The Morgan fingerprint density at radius 1 is 0.656 bits per heavy atom. The summed E-state index contributed by atoms with van der Waals surface area (Å²) < 4.78 is 36.1. The van der Waals surface area contributed by atoms with Gasteiger partial charge in [0.1, 0.15) is 12.4 Å². The summed E-state index contributed by atoms with van der Waals surface area (Å²) in [5, 5.41) is 0. The van der Waals surface area contributed by atoms with Crippen molar-refractivity contribution in [2.75, 3.05) is 13.2 Å². The zero-order valence-electron chi connectivity index (χ0n) is 41.5. The number of ketones is 1. The number of phosphoric ester groups is 1. The van der Waals surface area contributed by atoms with Gasteiger partial charge >= 0.3 is 19.8 Å². The Kier molecular flexibility index (Phi) is 25.9. The van der Waals surface area contributed by atoms with Gasteiger partial charge in [0.15, 0.2) is 6.10 Å². The predicted molar refractivity (Wildman–Crippen MR) is 259 cm³/mol. The summed E-state index contributed by atoms with van der Waals surface area (Å²) in [6, 6.07) is 0. The molecule has 0 aliphatic heterocycles. The number of fused-ring (bicyclic) bond motifs is 5. The van der Waals surface area contributed by atoms with Crippen LogP contribution in [0.15, 0.2) is 11.6 Å². The van der Waals surface area contributed by atoms with Crippen LogP contribution in [-0.4, -0.2) is 48.0 Å². The van der Waals surface area contributed by atoms with E-state index in [4.69, 9.17) is 18.5 Å². The lowest BCUT2D eigenvalue weighted by Gasteiger charge is -2.57. The first-order chi connectivity index (χ1) is 30.9. The molecule has 8 atom stereocenters. The van der Waals surface area contributed by atoms with E-state index in [2.05, 4.69) is 33.8 Å². The summed E-state index contributed by atoms with van der Waals surface area (Å²) in [7, 11) is -4.53. The Labute approximate surface area is 391 Å². The second kappa shape index (κ2) is 30.1. The van der Waals surface area contributed by atoms with Crippen LogP contribution in [0.1, 0.15) is 259 Å². The number of carbonyl (C=O) groups is 3. The summed E-state index contributed by atoms with van der Waals surface area (Å²) in [5.74, 6) is 1.13. The van der Waals surface area contributed by atoms with Crippen LogP contribution in [0.5, 0.6) is 0 Å². The zero-order chi connectivity index (χ0) is 46.1. The van der Waals surface area contributed by atoms with Gasteiger partial charge in [-0.3, -0.25) is 23.4 Å². The standard InChI is InChI=1S/C54H95O9P/c1-5-7-9-11-13-15-17-19-21-23-25-27-29-31-51(56)60-42-46(62-52(57)32-30-28-26-24-22-20-18-16-14-12-10-8-6-2)43-61-64(58,59)63-45-37-39-53(3)44(41-45)33-34-47-48-35-36-50(55)54(48,4)40-38-49(47)53/h33,45-49H,5-32,34-43H2,1-4H3,(H,58,59)/t45-,46-,47-,48-,49-,53-,54-/m0/s1. The molecular weight excluding hydrogens is 824 g/mol. The molecule has 3 saturated carbocycles. The highest BCUT2D eigenvalue weighted by Gasteiger charge is 2.58. The van der Waals surface area contributed by atoms with E-state index in [1.54, 1.807) is 0 Å². The monoisotopic (exact) mass is 919 g/mol. The second-order valence-electron chi connectivity index (χ2n) is 21.2. The lowest BCUT2D eigenvalue weighted by atomic mass is 9.48. The predicted octanol–water partition coefficient (Wildman–Crippen LogP) is 15.4. The van der Waals surface area contributed by atoms with Crippen molar-refractivity contribution < 1.29 is 42.4 Å². The van der Waals surface area contributed by atoms with Crippen LogP contribution in [0, 0.1) is 28.6 Å². The maximum absolute atomic E-state index is 13.4. The van der Waals surface area contributed by atoms with Gasteiger partial charge in [-0.25, -0.2) is 4.57 Å². The van der Waals surface area contributed by atoms with Gasteiger partial charge in [-0.15, -0.1) is 0 Å². The van der Waals surface area contributed by atoms with Crippen molar-refractivity contribution in [3.63, 3.8) is 0 Å². The van der Waals surface area contributed by atoms with E-state index in [1.807, 2.05) is 0 Å². The van der Waals surface area contributed by atoms with Crippen molar-refractivity contribution in [1.29, 1.82) is 0 Å². The molecule has 1 unspecified atom stereocenters. The molecule has 64 heavy (non-hydrogen) atoms. The molecule has 1 N–H and O–H groups in total. The number of phosphoric acid groups is 1. The van der Waals surface area contributed by atoms with Crippen molar-refractivity contribution in [3.05, 3.63) is 11.6 Å². The third-order valence-corrected chi connectivity index (χ3v) is 17.2. The average molecular weight is 919 g/mol. The van der Waals surface area contributed by atoms with Gasteiger partial charge in [0.05, 0.1) is 12.7 Å². The maximum atomic E-state index is 13.4. The number of carbonyl (C=O) groups excluding carboxylic acids is 3. The Hall–Kier alpha value is -1.54. The molecule has 4 rings (SSSR count). The zero-order valence-corrected chi connectivity index (χ0v) is 42.4. The fourth-order valence-electron chi connectivity index (χ4n) is 12.1. The van der Waals surface area contributed by atoms with Gasteiger partial charge in [-0.05, 0) is 81.0 Å². The van der Waals surface area contributed by atoms with Crippen molar-refractivity contribution >= 4 is 25.5 Å². The molecular formula is C54H95O9P. The van der Waals surface area contributed by atoms with Crippen LogP contribution >= 0.6 is 7.82 Å². The largest absolute Gasteiger partial charge is 0.472 e. The number of rotatable bonds is 36. The SMILES string of the molecule is CCCCCCCCCCCCCCCC(=O)OC[C@@H](COP(=O)(O)O[C@H]1CC[C@@]2(C)C(=CC[C@@H]3[C@@H]2CC[C@]2(C)C(=O)CC[C@@H]32)C1)OC(=O)CCCCCCCCCCCCCCC. The number of Topliss-reactive ketones (excluding diaryl/α,β-unsaturated/α-hetero) is 1. The number of unbranched alkanes of at least 4 members (excludes halogenated alkanes) is 24. The molecule has 0 bridgehead atoms. The summed E-state index contributed by atoms with van der Waals surface area (Å²) in [6.07, 6.45) is 39.8. The first kappa shape index (κ1) is 55.1. The van der Waals surface area contributed by atoms with E-state index in [0.29, 0.717) is 49.2 Å². The fourth-order valence-corrected chi connectivity index (χ4v) is 13.1. The second-order valence-corrected chi connectivity index (χ2v) is 22.6. The minimum Gasteiger partial charge on any atom is -0.462 e. The van der Waals surface area contributed by atoms with Gasteiger partial charge in [0, 0.05) is 24.7 Å². The first-order valence-electron chi connectivity index (χ1n) is 27.2. The van der Waals surface area contributed by atoms with Crippen molar-refractivity contribution in [2.45, 2.75) is 271 Å². The maximum Gasteiger partial charge on any atom is 0.472 e. The highest BCUT2D eigenvalue weighted by molar-refractivity contribution is 7.47. The quantitative estimate of drug-likeness (QED) is 0.0283. The van der Waals surface area contributed by atoms with Crippen LogP contribution in [0.2, 0.25) is 0 Å². The van der Waals surface area contributed by atoms with Crippen LogP contribution in [0.4, 0.5) is 0 Å². The number of hydrogen-bond acceptors (Lipinski definition) is 8. The number of hydrogen-bond donors (Lipinski definition) is 1. The summed E-state index contributed by atoms with van der Waals surface area (Å²) in [4.78, 5) is 49.6. The summed E-state index contributed by atoms with van der Waals surface area (Å²) in [5.41, 5.74) is 1.12. The summed E-state index contributed by atoms with van der Waals surface area (Å²) in [6.45, 7) is 8.43. The Balaban J connectivity index is 1.18. The Bertz CT molecular complexity index is 1430. The smallest absolute Gasteiger partial charge is 0.462 e. The molecule has 0 spiro atoms. The fraction of sp³-hybridized carbons (Fsp3) is 0.907. The molecule has 0 aromatic carbocycles. The van der Waals surface area contributed by atoms with E-state index in [0.717, 1.165) is 64.2 Å². The van der Waals surface area contributed by atoms with Crippen LogP contribution < -0.4 is 0 Å². The Morgan fingerprint density at radius 2 is 1.12 bits per heavy atom. The lowest BCUT2D eigenvalue weighted by molar-refractivity contribution is -0.161. The van der Waals surface area contributed by atoms with E-state index in [-0.39, 0.29) is 36.2 Å². The number of ether oxygens (including phenoxy) is 2. The molecule has 370 valence electrons. The molecule has 0 radical (unpaired) electrons. The molecule has 0 aromatic heterocycles. The van der Waals surface area contributed by atoms with Gasteiger partial charge in [0.2, 0.25) is 0 Å². The normalized spacial score (nSPS) is 26.6. The van der Waals surface area contributed by atoms with E-state index in [1.165, 1.54) is 134 Å². The molecule has 0 amide bonds. The third-order valence-electron chi connectivity index (χ3n) is 16.2. The minimum atomic E-state index is -4.53. The van der Waals surface area contributed by atoms with E-state index in [9.17, 15) is 23.8 Å².